The van der Waals surface area contributed by atoms with Crippen molar-refractivity contribution in [3.05, 3.63) is 33.1 Å². The van der Waals surface area contributed by atoms with Crippen molar-refractivity contribution in [1.82, 2.24) is 15.0 Å². The monoisotopic (exact) mass is 361 g/mol. The van der Waals surface area contributed by atoms with Gasteiger partial charge in [0.25, 0.3) is 0 Å². The predicted molar refractivity (Wildman–Crippen MR) is 76.8 cm³/mol. The fourth-order valence-electron chi connectivity index (χ4n) is 1.20. The first-order valence-electron chi connectivity index (χ1n) is 4.80. The highest BCUT2D eigenvalue weighted by Gasteiger charge is 2.05. The van der Waals surface area contributed by atoms with E-state index in [0.29, 0.717) is 11.9 Å². The van der Waals surface area contributed by atoms with Gasteiger partial charge in [-0.05, 0) is 46.3 Å². The molecule has 0 atom stereocenters. The van der Waals surface area contributed by atoms with Crippen LogP contribution in [0.4, 0.5) is 17.6 Å². The van der Waals surface area contributed by atoms with Crippen LogP contribution in [0.15, 0.2) is 24.3 Å². The average molecular weight is 362 g/mol. The summed E-state index contributed by atoms with van der Waals surface area (Å²) in [7, 11) is 1.72. The second-order valence-electron chi connectivity index (χ2n) is 3.11. The average Bonchev–Trinajstić information content (AvgIpc) is 2.31. The van der Waals surface area contributed by atoms with Gasteiger partial charge in [-0.15, -0.1) is 0 Å². The Kier molecular flexibility index (Phi) is 3.95. The molecule has 0 saturated carbocycles. The van der Waals surface area contributed by atoms with Crippen LogP contribution in [0.3, 0.4) is 0 Å². The summed E-state index contributed by atoms with van der Waals surface area (Å²) in [6.45, 7) is 0. The highest BCUT2D eigenvalue weighted by Crippen LogP contribution is 2.21. The van der Waals surface area contributed by atoms with Gasteiger partial charge in [0.15, 0.2) is 0 Å². The summed E-state index contributed by atoms with van der Waals surface area (Å²) in [5.74, 6) is 0.844. The standard InChI is InChI=1S/C10H9ClIN5/c1-13-9-15-8(11)16-10(17-9)14-7-5-3-2-4-6(7)12/h2-5H,1H3,(H2,13,14,15,16,17). The zero-order chi connectivity index (χ0) is 12.3. The van der Waals surface area contributed by atoms with E-state index in [4.69, 9.17) is 11.6 Å². The number of para-hydroxylation sites is 1. The lowest BCUT2D eigenvalue weighted by atomic mass is 10.3. The van der Waals surface area contributed by atoms with E-state index in [1.807, 2.05) is 24.3 Å². The summed E-state index contributed by atoms with van der Waals surface area (Å²) >= 11 is 8.02. The lowest BCUT2D eigenvalue weighted by molar-refractivity contribution is 1.05. The molecule has 1 aromatic carbocycles. The second kappa shape index (κ2) is 5.46. The smallest absolute Gasteiger partial charge is 0.233 e. The van der Waals surface area contributed by atoms with Gasteiger partial charge in [0.1, 0.15) is 0 Å². The maximum atomic E-state index is 5.79. The molecule has 1 heterocycles. The van der Waals surface area contributed by atoms with Crippen molar-refractivity contribution in [2.24, 2.45) is 0 Å². The molecule has 0 bridgehead atoms. The van der Waals surface area contributed by atoms with Crippen LogP contribution in [0, 0.1) is 3.57 Å². The highest BCUT2D eigenvalue weighted by atomic mass is 127. The van der Waals surface area contributed by atoms with Crippen LogP contribution in [0.2, 0.25) is 5.28 Å². The summed E-state index contributed by atoms with van der Waals surface area (Å²) < 4.78 is 1.08. The van der Waals surface area contributed by atoms with Gasteiger partial charge in [-0.3, -0.25) is 0 Å². The molecule has 0 unspecified atom stereocenters. The largest absolute Gasteiger partial charge is 0.357 e. The zero-order valence-corrected chi connectivity index (χ0v) is 11.8. The van der Waals surface area contributed by atoms with Crippen LogP contribution in [-0.4, -0.2) is 22.0 Å². The molecule has 0 fully saturated rings. The first-order valence-corrected chi connectivity index (χ1v) is 6.25. The van der Waals surface area contributed by atoms with E-state index in [2.05, 4.69) is 48.2 Å². The summed E-state index contributed by atoms with van der Waals surface area (Å²) in [4.78, 5) is 12.1. The second-order valence-corrected chi connectivity index (χ2v) is 4.61. The van der Waals surface area contributed by atoms with E-state index in [1.54, 1.807) is 7.05 Å². The molecule has 0 aliphatic heterocycles. The molecule has 0 amide bonds. The molecule has 5 nitrogen and oxygen atoms in total. The van der Waals surface area contributed by atoms with Gasteiger partial charge < -0.3 is 10.6 Å². The number of nitrogens with one attached hydrogen (secondary N) is 2. The minimum Gasteiger partial charge on any atom is -0.357 e. The molecule has 88 valence electrons. The van der Waals surface area contributed by atoms with Crippen LogP contribution in [0.1, 0.15) is 0 Å². The normalized spacial score (nSPS) is 10.1. The van der Waals surface area contributed by atoms with Gasteiger partial charge in [0, 0.05) is 10.6 Å². The van der Waals surface area contributed by atoms with Crippen LogP contribution < -0.4 is 10.6 Å². The number of aromatic nitrogens is 3. The van der Waals surface area contributed by atoms with E-state index in [0.717, 1.165) is 9.26 Å². The fraction of sp³-hybridized carbons (Fsp3) is 0.100. The van der Waals surface area contributed by atoms with E-state index in [9.17, 15) is 0 Å². The van der Waals surface area contributed by atoms with Gasteiger partial charge in [0.05, 0.1) is 5.69 Å². The Bertz CT molecular complexity index is 534. The molecule has 17 heavy (non-hydrogen) atoms. The number of rotatable bonds is 3. The summed E-state index contributed by atoms with van der Waals surface area (Å²) in [5, 5.41) is 6.06. The van der Waals surface area contributed by atoms with E-state index in [1.165, 1.54) is 0 Å². The Morgan fingerprint density at radius 2 is 1.82 bits per heavy atom. The number of halogens is 2. The summed E-state index contributed by atoms with van der Waals surface area (Å²) in [6, 6.07) is 7.84. The molecule has 2 rings (SSSR count). The summed E-state index contributed by atoms with van der Waals surface area (Å²) in [6.07, 6.45) is 0. The maximum absolute atomic E-state index is 5.79. The Balaban J connectivity index is 2.30. The molecule has 0 spiro atoms. The number of nitrogens with zero attached hydrogens (tertiary/aromatic N) is 3. The predicted octanol–water partition coefficient (Wildman–Crippen LogP) is 2.91. The van der Waals surface area contributed by atoms with Crippen molar-refractivity contribution in [3.8, 4) is 0 Å². The van der Waals surface area contributed by atoms with E-state index < -0.39 is 0 Å². The molecule has 0 radical (unpaired) electrons. The van der Waals surface area contributed by atoms with Crippen molar-refractivity contribution in [2.45, 2.75) is 0 Å². The third kappa shape index (κ3) is 3.16. The molecule has 2 N–H and O–H groups in total. The number of hydrogen-bond donors (Lipinski definition) is 2. The molecular formula is C10H9ClIN5. The number of benzene rings is 1. The molecule has 0 saturated heterocycles. The van der Waals surface area contributed by atoms with Crippen LogP contribution in [-0.2, 0) is 0 Å². The maximum Gasteiger partial charge on any atom is 0.233 e. The van der Waals surface area contributed by atoms with Gasteiger partial charge in [-0.2, -0.15) is 15.0 Å². The van der Waals surface area contributed by atoms with Crippen molar-refractivity contribution in [3.63, 3.8) is 0 Å². The van der Waals surface area contributed by atoms with Crippen molar-refractivity contribution in [2.75, 3.05) is 17.7 Å². The molecular weight excluding hydrogens is 353 g/mol. The molecule has 2 aromatic rings. The molecule has 0 aliphatic rings. The Morgan fingerprint density at radius 3 is 2.53 bits per heavy atom. The minimum atomic E-state index is 0.151. The highest BCUT2D eigenvalue weighted by molar-refractivity contribution is 14.1. The third-order valence-electron chi connectivity index (χ3n) is 1.95. The fourth-order valence-corrected chi connectivity index (χ4v) is 1.88. The molecule has 1 aromatic heterocycles. The van der Waals surface area contributed by atoms with E-state index in [-0.39, 0.29) is 5.28 Å². The Labute approximate surface area is 117 Å². The molecule has 0 aliphatic carbocycles. The first kappa shape index (κ1) is 12.3. The van der Waals surface area contributed by atoms with Gasteiger partial charge in [0.2, 0.25) is 17.2 Å². The third-order valence-corrected chi connectivity index (χ3v) is 3.06. The van der Waals surface area contributed by atoms with Crippen LogP contribution >= 0.6 is 34.2 Å². The lowest BCUT2D eigenvalue weighted by Crippen LogP contribution is -2.04. The SMILES string of the molecule is CNc1nc(Cl)nc(Nc2ccccc2I)n1. The van der Waals surface area contributed by atoms with Crippen molar-refractivity contribution < 1.29 is 0 Å². The Hall–Kier alpha value is -1.15. The molecule has 7 heteroatoms. The lowest BCUT2D eigenvalue weighted by Gasteiger charge is -2.07. The van der Waals surface area contributed by atoms with Crippen LogP contribution in [0.25, 0.3) is 0 Å². The van der Waals surface area contributed by atoms with Crippen LogP contribution in [0.5, 0.6) is 0 Å². The minimum absolute atomic E-state index is 0.151. The van der Waals surface area contributed by atoms with Gasteiger partial charge in [-0.25, -0.2) is 0 Å². The van der Waals surface area contributed by atoms with Crippen molar-refractivity contribution in [1.29, 1.82) is 0 Å². The number of anilines is 3. The first-order chi connectivity index (χ1) is 8.19. The van der Waals surface area contributed by atoms with Crippen molar-refractivity contribution >= 4 is 51.8 Å². The quantitative estimate of drug-likeness (QED) is 0.823. The topological polar surface area (TPSA) is 62.7 Å². The summed E-state index contributed by atoms with van der Waals surface area (Å²) in [5.41, 5.74) is 0.928. The zero-order valence-electron chi connectivity index (χ0n) is 8.91. The Morgan fingerprint density at radius 1 is 1.12 bits per heavy atom. The van der Waals surface area contributed by atoms with Gasteiger partial charge >= 0.3 is 0 Å². The van der Waals surface area contributed by atoms with E-state index >= 15 is 0 Å². The van der Waals surface area contributed by atoms with Gasteiger partial charge in [-0.1, -0.05) is 12.1 Å². The number of hydrogen-bond acceptors (Lipinski definition) is 5.